The number of fused-ring (bicyclic) bond motifs is 5. The number of carbonyl (C=O) groups is 9. The second-order valence-electron chi connectivity index (χ2n) is 34.7. The summed E-state index contributed by atoms with van der Waals surface area (Å²) in [5.41, 5.74) is 6.07. The van der Waals surface area contributed by atoms with Crippen LogP contribution in [0.25, 0.3) is 0 Å². The molecule has 5 aliphatic heterocycles. The van der Waals surface area contributed by atoms with Crippen LogP contribution in [0.5, 0.6) is 0 Å². The highest BCUT2D eigenvalue weighted by molar-refractivity contribution is 6.31. The molecule has 0 spiro atoms. The van der Waals surface area contributed by atoms with Gasteiger partial charge in [-0.05, 0) is 200 Å². The summed E-state index contributed by atoms with van der Waals surface area (Å²) >= 11 is 17.1. The molecule has 5 aliphatic rings. The molecular weight excluding hydrogens is 1860 g/mol. The van der Waals surface area contributed by atoms with Crippen LogP contribution < -0.4 is 82.0 Å². The van der Waals surface area contributed by atoms with Gasteiger partial charge in [0.15, 0.2) is 0 Å². The lowest BCUT2D eigenvalue weighted by Crippen LogP contribution is -2.53. The van der Waals surface area contributed by atoms with Gasteiger partial charge in [0.05, 0.1) is 13.1 Å². The largest absolute Gasteiger partial charge is 0.444 e. The second kappa shape index (κ2) is 46.7. The fourth-order valence-electron chi connectivity index (χ4n) is 15.0. The van der Waals surface area contributed by atoms with Crippen LogP contribution in [0.15, 0.2) is 176 Å². The molecule has 0 bridgehead atoms. The predicted molar refractivity (Wildman–Crippen MR) is 517 cm³/mol. The van der Waals surface area contributed by atoms with Gasteiger partial charge < -0.3 is 77.7 Å². The van der Waals surface area contributed by atoms with Gasteiger partial charge in [-0.15, -0.1) is 12.4 Å². The van der Waals surface area contributed by atoms with E-state index in [0.717, 1.165) is 32.1 Å². The lowest BCUT2D eigenvalue weighted by Gasteiger charge is -2.33. The zero-order chi connectivity index (χ0) is 101. The first kappa shape index (κ1) is 110. The molecule has 15 rings (SSSR count). The van der Waals surface area contributed by atoms with Crippen molar-refractivity contribution in [3.8, 4) is 0 Å². The first-order valence-corrected chi connectivity index (χ1v) is 44.1. The molecule has 12 N–H and O–H groups in total. The molecule has 137 heavy (non-hydrogen) atoms. The Morgan fingerprint density at radius 2 is 0.766 bits per heavy atom. The summed E-state index contributed by atoms with van der Waals surface area (Å²) in [5, 5.41) is 20.3. The number of primary amides is 1. The van der Waals surface area contributed by atoms with Crippen LogP contribution >= 0.6 is 47.2 Å². The molecule has 0 saturated carbocycles. The van der Waals surface area contributed by atoms with E-state index in [1.807, 2.05) is 48.5 Å². The number of hydrogen-bond acceptors (Lipinski definition) is 28. The molecular formula is C91H113Cl4N25O17. The number of nitrogens with two attached hydrogens (primary N) is 2. The smallest absolute Gasteiger partial charge is 0.410 e. The molecule has 0 fully saturated rings. The summed E-state index contributed by atoms with van der Waals surface area (Å²) in [4.78, 5) is 215. The number of ketones is 1. The van der Waals surface area contributed by atoms with Crippen molar-refractivity contribution >= 4 is 129 Å². The first-order valence-electron chi connectivity index (χ1n) is 43.0. The zero-order valence-electron chi connectivity index (χ0n) is 79.0. The van der Waals surface area contributed by atoms with Crippen molar-refractivity contribution in [1.29, 1.82) is 0 Å². The maximum Gasteiger partial charge on any atom is 0.410 e. The van der Waals surface area contributed by atoms with E-state index in [9.17, 15) is 71.9 Å². The van der Waals surface area contributed by atoms with Crippen LogP contribution in [0.2, 0.25) is 15.1 Å². The molecule has 0 aromatic carbocycles. The highest BCUT2D eigenvalue weighted by atomic mass is 35.5. The van der Waals surface area contributed by atoms with Crippen LogP contribution in [0.3, 0.4) is 0 Å². The van der Waals surface area contributed by atoms with Gasteiger partial charge in [-0.3, -0.25) is 80.4 Å². The first-order chi connectivity index (χ1) is 63.8. The van der Waals surface area contributed by atoms with Gasteiger partial charge >= 0.3 is 12.2 Å². The lowest BCUT2D eigenvalue weighted by molar-refractivity contribution is -0.117. The van der Waals surface area contributed by atoms with Crippen LogP contribution in [-0.2, 0) is 49.0 Å². The van der Waals surface area contributed by atoms with Crippen LogP contribution in [0.4, 0.5) is 38.4 Å². The number of nitrogen functional groups attached to an aromatic ring is 1. The van der Waals surface area contributed by atoms with Crippen LogP contribution in [0.1, 0.15) is 236 Å². The molecule has 15 heterocycles. The average molecular weight is 1970 g/mol. The summed E-state index contributed by atoms with van der Waals surface area (Å²) in [6.07, 6.45) is 17.6. The minimum absolute atomic E-state index is 0. The van der Waals surface area contributed by atoms with Crippen molar-refractivity contribution < 1.29 is 52.6 Å². The molecule has 732 valence electrons. The number of hydrogen-bond donors (Lipinski definition) is 10. The number of pyridine rings is 6. The number of anilines is 5. The van der Waals surface area contributed by atoms with E-state index in [2.05, 4.69) is 82.1 Å². The van der Waals surface area contributed by atoms with Crippen molar-refractivity contribution in [2.45, 2.75) is 208 Å². The Labute approximate surface area is 808 Å². The van der Waals surface area contributed by atoms with E-state index in [1.165, 1.54) is 88.3 Å². The van der Waals surface area contributed by atoms with Crippen LogP contribution in [0, 0.1) is 0 Å². The molecule has 42 nitrogen and oxygen atoms in total. The van der Waals surface area contributed by atoms with Gasteiger partial charge in [0.25, 0.3) is 68.8 Å². The summed E-state index contributed by atoms with van der Waals surface area (Å²) < 4.78 is 17.9. The zero-order valence-corrected chi connectivity index (χ0v) is 82.1. The Kier molecular flexibility index (Phi) is 37.4. The third-order valence-corrected chi connectivity index (χ3v) is 21.6. The van der Waals surface area contributed by atoms with Gasteiger partial charge in [-0.25, -0.2) is 49.5 Å². The number of H-pyrrole nitrogens is 1. The molecule has 10 aromatic heterocycles. The van der Waals surface area contributed by atoms with Crippen molar-refractivity contribution in [2.24, 2.45) is 5.73 Å². The molecule has 0 saturated heterocycles. The third-order valence-electron chi connectivity index (χ3n) is 20.7. The number of amides is 8. The van der Waals surface area contributed by atoms with E-state index in [4.69, 9.17) is 55.7 Å². The van der Waals surface area contributed by atoms with Gasteiger partial charge in [-0.1, -0.05) is 87.8 Å². The number of aromatic nitrogens is 14. The maximum absolute atomic E-state index is 13.2. The molecule has 5 unspecified atom stereocenters. The van der Waals surface area contributed by atoms with E-state index in [1.54, 1.807) is 168 Å². The number of rotatable bonds is 19. The molecule has 0 aliphatic carbocycles. The van der Waals surface area contributed by atoms with Crippen molar-refractivity contribution in [1.82, 2.24) is 104 Å². The number of nitrogens with one attached hydrogen (secondary N) is 8. The van der Waals surface area contributed by atoms with Crippen molar-refractivity contribution in [3.63, 3.8) is 0 Å². The van der Waals surface area contributed by atoms with Crippen molar-refractivity contribution in [2.75, 3.05) is 43.6 Å². The van der Waals surface area contributed by atoms with Gasteiger partial charge in [0, 0.05) is 63.0 Å². The number of nitrogens with zero attached hydrogens (tertiary/aromatic N) is 15. The highest BCUT2D eigenvalue weighted by Gasteiger charge is 2.46. The molecule has 0 radical (unpaired) electrons. The Bertz CT molecular complexity index is 6320. The van der Waals surface area contributed by atoms with E-state index >= 15 is 0 Å². The molecule has 8 amide bonds. The van der Waals surface area contributed by atoms with Gasteiger partial charge in [0.1, 0.15) is 149 Å². The fraction of sp³-hybridized carbons (Fsp3) is 0.396. The number of likely N-dealkylation sites (N-methyl/N-ethyl adjacent to an activating group) is 2. The number of halogens is 4. The summed E-state index contributed by atoms with van der Waals surface area (Å²) in [6, 6.07) is 25.1. The van der Waals surface area contributed by atoms with E-state index in [0.29, 0.717) is 82.9 Å². The Morgan fingerprint density at radius 3 is 1.07 bits per heavy atom. The minimum atomic E-state index is -1.10. The monoisotopic (exact) mass is 1970 g/mol. The summed E-state index contributed by atoms with van der Waals surface area (Å²) in [7, 11) is 3.11. The molecule has 46 heteroatoms. The topological polar surface area (TPSA) is 561 Å². The standard InChI is InChI=1S/C20H25N5O4.C15H20ClN3O4.2C15H17N5O2.C11H13ClN2O2.C6H5ClN2O2.C5H10O.C4H5N3.ClH/c1-19(2,3)29-18(28)24(5)11-20(4)23-16(26)15-7-6-13(17(27)25(15)20)10-14-8-9-21-12-22-14;1-14(2,3)23-13(22)18(5)8-15(4)17-11(20)10-7-6-9(16)12(21)19(10)15;2*1-3-7-15(2)19-13(21)11-5-4-10(14(22)20(11)15)18-12-6-8-16-9-17-12;1-3-6-11(2)13-9(15)8-5-4-7(12)10(16)14(8)11;7-3-1-2-4(5(8)10)9-6(3)11;1-3-4-5(2)6;5-4-1-2-6-3-7-4;/h6-9,12H,10-11H2,1-5H3,(H,23,26);6-7H,8H2,1-5H3,(H,17,20);2*4-6,8-9H,3,7H2,1-2H3,(H,19,21)(H,16,17,18);4-5H,3,6H2,1-2H3,(H,13,15);1-2H,(H2,8,10)(H,9,11);3-4H2,1-2H3;1-3H,(H2,5,6,7);1H. The van der Waals surface area contributed by atoms with Crippen molar-refractivity contribution in [3.05, 3.63) is 270 Å². The van der Waals surface area contributed by atoms with Gasteiger partial charge in [0.2, 0.25) is 0 Å². The average Bonchev–Trinajstić information content (AvgIpc) is 1.51. The predicted octanol–water partition coefficient (Wildman–Crippen LogP) is 10.2. The molecule has 10 aromatic rings. The number of ether oxygens (including phenoxy) is 2. The maximum atomic E-state index is 13.2. The Hall–Kier alpha value is -14.4. The number of carbonyl (C=O) groups excluding carboxylic acids is 9. The Balaban J connectivity index is 0.000000221. The normalized spacial score (nSPS) is 17.8. The lowest BCUT2D eigenvalue weighted by atomic mass is 10.1. The van der Waals surface area contributed by atoms with Crippen LogP contribution in [-0.4, -0.2) is 169 Å². The van der Waals surface area contributed by atoms with E-state index < -0.39 is 68.7 Å². The highest BCUT2D eigenvalue weighted by Crippen LogP contribution is 2.32. The summed E-state index contributed by atoms with van der Waals surface area (Å²) in [5.74, 6) is -0.238. The minimum Gasteiger partial charge on any atom is -0.444 e. The van der Waals surface area contributed by atoms with Gasteiger partial charge in [-0.2, -0.15) is 0 Å². The second-order valence-corrected chi connectivity index (χ2v) is 35.9. The quantitative estimate of drug-likeness (QED) is 0.0359. The van der Waals surface area contributed by atoms with E-state index in [-0.39, 0.29) is 115 Å². The number of Topliss-reactive ketones (excluding diaryl/α,β-unsaturated/α-hetero) is 1. The molecule has 5 atom stereocenters. The fourth-order valence-corrected chi connectivity index (χ4v) is 15.4. The number of aromatic amines is 1. The SMILES string of the molecule is CCCC(C)=O.CCCC1(C)NC(=O)c2ccc(Cl)c(=O)n21.CCCC1(C)NC(=O)c2ccc(Nc3ccncn3)c(=O)n21.CCCC1(C)NC(=O)c2ccc(Nc3ccncn3)c(=O)n21.CN(CC1(C)NC(=O)c2ccc(Cc3ccncn3)c(=O)n21)C(=O)OC(C)(C)C.CN(CC1(C)NC(=O)c2ccc(Cl)c(=O)n21)C(=O)OC(C)(C)C.Cl.NC(=O)c1ccc(Cl)c(=O)[nH]1.Nc1ccncn1. The Morgan fingerprint density at radius 1 is 0.431 bits per heavy atom. The summed E-state index contributed by atoms with van der Waals surface area (Å²) in [6.45, 7) is 29.3. The third kappa shape index (κ3) is 27.9.